The van der Waals surface area contributed by atoms with Crippen LogP contribution in [-0.2, 0) is 9.53 Å². The standard InChI is InChI=1S/C15H18N4O2/c1-21-10-9-15(7-8-15)13(20)17-14-18-16-11-19(14)12-5-3-2-4-6-12/h2-6,11H,7-10H2,1H3,(H,17,18,20). The summed E-state index contributed by atoms with van der Waals surface area (Å²) >= 11 is 0. The molecular formula is C15H18N4O2. The van der Waals surface area contributed by atoms with Crippen LogP contribution in [0.5, 0.6) is 0 Å². The summed E-state index contributed by atoms with van der Waals surface area (Å²) in [6.07, 6.45) is 4.15. The molecule has 1 aliphatic carbocycles. The van der Waals surface area contributed by atoms with Gasteiger partial charge in [0.1, 0.15) is 6.33 Å². The van der Waals surface area contributed by atoms with Gasteiger partial charge in [0, 0.05) is 13.7 Å². The van der Waals surface area contributed by atoms with E-state index in [1.54, 1.807) is 18.0 Å². The predicted molar refractivity (Wildman–Crippen MR) is 78.1 cm³/mol. The molecule has 1 heterocycles. The van der Waals surface area contributed by atoms with Gasteiger partial charge in [0.2, 0.25) is 11.9 Å². The van der Waals surface area contributed by atoms with Crippen molar-refractivity contribution in [3.8, 4) is 5.69 Å². The summed E-state index contributed by atoms with van der Waals surface area (Å²) in [7, 11) is 1.65. The number of amides is 1. The molecule has 0 spiro atoms. The largest absolute Gasteiger partial charge is 0.385 e. The van der Waals surface area contributed by atoms with Crippen LogP contribution in [0.2, 0.25) is 0 Å². The summed E-state index contributed by atoms with van der Waals surface area (Å²) in [5.74, 6) is 0.458. The van der Waals surface area contributed by atoms with Gasteiger partial charge in [-0.15, -0.1) is 10.2 Å². The molecule has 6 nitrogen and oxygen atoms in total. The number of anilines is 1. The first-order valence-corrected chi connectivity index (χ1v) is 7.01. The molecule has 3 rings (SSSR count). The summed E-state index contributed by atoms with van der Waals surface area (Å²) in [4.78, 5) is 12.4. The van der Waals surface area contributed by atoms with Crippen LogP contribution < -0.4 is 5.32 Å². The van der Waals surface area contributed by atoms with E-state index in [0.717, 1.165) is 24.9 Å². The summed E-state index contributed by atoms with van der Waals surface area (Å²) in [5.41, 5.74) is 0.628. The van der Waals surface area contributed by atoms with Gasteiger partial charge in [-0.1, -0.05) is 18.2 Å². The van der Waals surface area contributed by atoms with Gasteiger partial charge in [0.15, 0.2) is 0 Å². The van der Waals surface area contributed by atoms with E-state index in [-0.39, 0.29) is 11.3 Å². The molecule has 0 radical (unpaired) electrons. The first-order chi connectivity index (χ1) is 10.2. The fourth-order valence-electron chi connectivity index (χ4n) is 2.37. The van der Waals surface area contributed by atoms with Crippen LogP contribution in [0.25, 0.3) is 5.69 Å². The number of aromatic nitrogens is 3. The molecule has 0 aliphatic heterocycles. The van der Waals surface area contributed by atoms with Crippen molar-refractivity contribution in [2.45, 2.75) is 19.3 Å². The smallest absolute Gasteiger partial charge is 0.235 e. The van der Waals surface area contributed by atoms with Gasteiger partial charge in [-0.3, -0.25) is 14.7 Å². The highest BCUT2D eigenvalue weighted by Gasteiger charge is 2.49. The molecule has 0 atom stereocenters. The Bertz CT molecular complexity index is 620. The van der Waals surface area contributed by atoms with Crippen molar-refractivity contribution in [1.29, 1.82) is 0 Å². The van der Waals surface area contributed by atoms with Crippen molar-refractivity contribution in [2.75, 3.05) is 19.0 Å². The molecule has 1 aliphatic rings. The van der Waals surface area contributed by atoms with E-state index in [0.29, 0.717) is 12.6 Å². The number of para-hydroxylation sites is 1. The number of hydrogen-bond donors (Lipinski definition) is 1. The van der Waals surface area contributed by atoms with Crippen LogP contribution in [0.4, 0.5) is 5.95 Å². The van der Waals surface area contributed by atoms with Crippen molar-refractivity contribution in [3.05, 3.63) is 36.7 Å². The van der Waals surface area contributed by atoms with Crippen LogP contribution in [0.3, 0.4) is 0 Å². The van der Waals surface area contributed by atoms with E-state index in [4.69, 9.17) is 4.74 Å². The first-order valence-electron chi connectivity index (χ1n) is 7.01. The Labute approximate surface area is 123 Å². The number of carbonyl (C=O) groups excluding carboxylic acids is 1. The van der Waals surface area contributed by atoms with Crippen molar-refractivity contribution >= 4 is 11.9 Å². The van der Waals surface area contributed by atoms with E-state index in [2.05, 4.69) is 15.5 Å². The van der Waals surface area contributed by atoms with Crippen molar-refractivity contribution < 1.29 is 9.53 Å². The van der Waals surface area contributed by atoms with Crippen LogP contribution in [0.15, 0.2) is 36.7 Å². The third-order valence-electron chi connectivity index (χ3n) is 3.93. The van der Waals surface area contributed by atoms with Gasteiger partial charge in [0.05, 0.1) is 11.1 Å². The normalized spacial score (nSPS) is 15.7. The molecule has 1 fully saturated rings. The molecule has 110 valence electrons. The minimum Gasteiger partial charge on any atom is -0.385 e. The SMILES string of the molecule is COCCC1(C(=O)Nc2nncn2-c2ccccc2)CC1. The Hall–Kier alpha value is -2.21. The van der Waals surface area contributed by atoms with E-state index in [1.165, 1.54) is 0 Å². The number of nitrogens with zero attached hydrogens (tertiary/aromatic N) is 3. The molecule has 2 aromatic rings. The highest BCUT2D eigenvalue weighted by atomic mass is 16.5. The predicted octanol–water partition coefficient (Wildman–Crippen LogP) is 2.02. The monoisotopic (exact) mass is 286 g/mol. The van der Waals surface area contributed by atoms with Crippen molar-refractivity contribution in [1.82, 2.24) is 14.8 Å². The number of carbonyl (C=O) groups is 1. The molecule has 0 saturated heterocycles. The molecular weight excluding hydrogens is 268 g/mol. The Morgan fingerprint density at radius 3 is 2.81 bits per heavy atom. The average molecular weight is 286 g/mol. The molecule has 1 aromatic heterocycles. The maximum Gasteiger partial charge on any atom is 0.235 e. The summed E-state index contributed by atoms with van der Waals surface area (Å²) in [5, 5.41) is 10.8. The average Bonchev–Trinajstić information content (AvgIpc) is 3.18. The Morgan fingerprint density at radius 2 is 2.14 bits per heavy atom. The highest BCUT2D eigenvalue weighted by molar-refractivity contribution is 5.96. The van der Waals surface area contributed by atoms with E-state index in [1.807, 2.05) is 30.3 Å². The number of benzene rings is 1. The van der Waals surface area contributed by atoms with Crippen LogP contribution in [0, 0.1) is 5.41 Å². The second-order valence-corrected chi connectivity index (χ2v) is 5.34. The molecule has 1 amide bonds. The molecule has 1 N–H and O–H groups in total. The topological polar surface area (TPSA) is 69.0 Å². The van der Waals surface area contributed by atoms with Gasteiger partial charge < -0.3 is 4.74 Å². The van der Waals surface area contributed by atoms with E-state index in [9.17, 15) is 4.79 Å². The second kappa shape index (κ2) is 5.65. The number of nitrogens with one attached hydrogen (secondary N) is 1. The van der Waals surface area contributed by atoms with Gasteiger partial charge in [-0.25, -0.2) is 0 Å². The van der Waals surface area contributed by atoms with Gasteiger partial charge in [-0.05, 0) is 31.4 Å². The molecule has 0 unspecified atom stereocenters. The molecule has 6 heteroatoms. The Balaban J connectivity index is 1.75. The number of hydrogen-bond acceptors (Lipinski definition) is 4. The van der Waals surface area contributed by atoms with Crippen LogP contribution >= 0.6 is 0 Å². The molecule has 1 saturated carbocycles. The fourth-order valence-corrected chi connectivity index (χ4v) is 2.37. The Kier molecular flexibility index (Phi) is 3.70. The molecule has 21 heavy (non-hydrogen) atoms. The summed E-state index contributed by atoms with van der Waals surface area (Å²) in [6, 6.07) is 9.69. The zero-order valence-electron chi connectivity index (χ0n) is 12.0. The minimum atomic E-state index is -0.288. The van der Waals surface area contributed by atoms with Gasteiger partial charge in [0.25, 0.3) is 0 Å². The third-order valence-corrected chi connectivity index (χ3v) is 3.93. The zero-order chi connectivity index (χ0) is 14.7. The summed E-state index contributed by atoms with van der Waals surface area (Å²) in [6.45, 7) is 0.596. The Morgan fingerprint density at radius 1 is 1.38 bits per heavy atom. The lowest BCUT2D eigenvalue weighted by molar-refractivity contribution is -0.121. The first kappa shape index (κ1) is 13.8. The fraction of sp³-hybridized carbons (Fsp3) is 0.400. The highest BCUT2D eigenvalue weighted by Crippen LogP contribution is 2.49. The molecule has 1 aromatic carbocycles. The number of ether oxygens (including phenoxy) is 1. The maximum atomic E-state index is 12.4. The molecule has 0 bridgehead atoms. The summed E-state index contributed by atoms with van der Waals surface area (Å²) < 4.78 is 6.85. The van der Waals surface area contributed by atoms with Gasteiger partial charge >= 0.3 is 0 Å². The van der Waals surface area contributed by atoms with Crippen molar-refractivity contribution in [2.24, 2.45) is 5.41 Å². The maximum absolute atomic E-state index is 12.4. The van der Waals surface area contributed by atoms with Gasteiger partial charge in [-0.2, -0.15) is 0 Å². The zero-order valence-corrected chi connectivity index (χ0v) is 12.0. The number of methoxy groups -OCH3 is 1. The number of rotatable bonds is 6. The second-order valence-electron chi connectivity index (χ2n) is 5.34. The third kappa shape index (κ3) is 2.80. The quantitative estimate of drug-likeness (QED) is 0.882. The van der Waals surface area contributed by atoms with Crippen molar-refractivity contribution in [3.63, 3.8) is 0 Å². The van der Waals surface area contributed by atoms with E-state index >= 15 is 0 Å². The lowest BCUT2D eigenvalue weighted by Crippen LogP contribution is -2.26. The van der Waals surface area contributed by atoms with E-state index < -0.39 is 0 Å². The van der Waals surface area contributed by atoms with Crippen LogP contribution in [-0.4, -0.2) is 34.4 Å². The minimum absolute atomic E-state index is 0.00438. The lowest BCUT2D eigenvalue weighted by Gasteiger charge is -2.14. The lowest BCUT2D eigenvalue weighted by atomic mass is 10.0. The van der Waals surface area contributed by atoms with Crippen LogP contribution in [0.1, 0.15) is 19.3 Å².